The molecule has 1 aromatic heterocycles. The number of thiophene rings is 1. The number of nitrogens with zero attached hydrogens (tertiary/aromatic N) is 1. The van der Waals surface area contributed by atoms with Gasteiger partial charge in [-0.3, -0.25) is 4.90 Å². The van der Waals surface area contributed by atoms with Gasteiger partial charge >= 0.3 is 0 Å². The summed E-state index contributed by atoms with van der Waals surface area (Å²) in [7, 11) is -2.97. The van der Waals surface area contributed by atoms with E-state index in [1.165, 1.54) is 10.4 Å². The molecule has 5 nitrogen and oxygen atoms in total. The van der Waals surface area contributed by atoms with Crippen LogP contribution in [0.1, 0.15) is 36.6 Å². The van der Waals surface area contributed by atoms with Gasteiger partial charge in [0.2, 0.25) is 0 Å². The average Bonchev–Trinajstić information content (AvgIpc) is 3.29. The minimum absolute atomic E-state index is 0.0490. The molecular weight excluding hydrogens is 394 g/mol. The summed E-state index contributed by atoms with van der Waals surface area (Å²) in [6, 6.07) is 11.9. The molecule has 154 valence electrons. The zero-order chi connectivity index (χ0) is 20.1. The van der Waals surface area contributed by atoms with Crippen LogP contribution in [-0.4, -0.2) is 55.2 Å². The minimum Gasteiger partial charge on any atom is -0.491 e. The van der Waals surface area contributed by atoms with Crippen molar-refractivity contribution in [1.82, 2.24) is 4.90 Å². The van der Waals surface area contributed by atoms with E-state index in [-0.39, 0.29) is 24.2 Å². The number of sulfone groups is 1. The highest BCUT2D eigenvalue weighted by Gasteiger charge is 2.33. The molecule has 2 heterocycles. The van der Waals surface area contributed by atoms with Gasteiger partial charge < -0.3 is 9.84 Å². The molecule has 3 rings (SSSR count). The van der Waals surface area contributed by atoms with E-state index in [0.29, 0.717) is 25.4 Å². The third-order valence-corrected chi connectivity index (χ3v) is 7.71. The van der Waals surface area contributed by atoms with E-state index in [0.717, 1.165) is 5.75 Å². The van der Waals surface area contributed by atoms with Gasteiger partial charge in [-0.05, 0) is 41.5 Å². The summed E-state index contributed by atoms with van der Waals surface area (Å²) in [4.78, 5) is 3.26. The number of ether oxygens (including phenoxy) is 1. The van der Waals surface area contributed by atoms with Gasteiger partial charge in [-0.1, -0.05) is 32.0 Å². The predicted molar refractivity (Wildman–Crippen MR) is 114 cm³/mol. The molecule has 2 unspecified atom stereocenters. The molecule has 1 saturated heterocycles. The highest BCUT2D eigenvalue weighted by atomic mass is 32.2. The van der Waals surface area contributed by atoms with Crippen molar-refractivity contribution in [2.45, 2.75) is 44.9 Å². The van der Waals surface area contributed by atoms with Crippen molar-refractivity contribution in [1.29, 1.82) is 0 Å². The van der Waals surface area contributed by atoms with Crippen LogP contribution in [0.5, 0.6) is 5.75 Å². The lowest BCUT2D eigenvalue weighted by atomic mass is 10.0. The molecular formula is C21H29NO4S2. The second kappa shape index (κ2) is 9.39. The van der Waals surface area contributed by atoms with Crippen LogP contribution in [0, 0.1) is 0 Å². The first kappa shape index (κ1) is 21.3. The Labute approximate surface area is 171 Å². The van der Waals surface area contributed by atoms with Crippen LogP contribution in [-0.2, 0) is 16.4 Å². The second-order valence-electron chi connectivity index (χ2n) is 7.75. The van der Waals surface area contributed by atoms with E-state index in [2.05, 4.69) is 18.7 Å². The average molecular weight is 424 g/mol. The summed E-state index contributed by atoms with van der Waals surface area (Å²) in [5.74, 6) is 1.60. The maximum absolute atomic E-state index is 11.9. The second-order valence-corrected chi connectivity index (χ2v) is 11.0. The topological polar surface area (TPSA) is 66.8 Å². The Morgan fingerprint density at radius 2 is 2.00 bits per heavy atom. The van der Waals surface area contributed by atoms with Crippen LogP contribution in [0.3, 0.4) is 0 Å². The van der Waals surface area contributed by atoms with Crippen LogP contribution in [0.15, 0.2) is 41.8 Å². The number of aliphatic hydroxyl groups excluding tert-OH is 1. The van der Waals surface area contributed by atoms with E-state index in [1.54, 1.807) is 11.3 Å². The van der Waals surface area contributed by atoms with Gasteiger partial charge in [0.15, 0.2) is 9.84 Å². The molecule has 1 aromatic carbocycles. The third kappa shape index (κ3) is 6.04. The lowest BCUT2D eigenvalue weighted by molar-refractivity contribution is 0.0529. The highest BCUT2D eigenvalue weighted by Crippen LogP contribution is 2.23. The van der Waals surface area contributed by atoms with Gasteiger partial charge in [-0.25, -0.2) is 8.42 Å². The summed E-state index contributed by atoms with van der Waals surface area (Å²) in [6.07, 6.45) is -0.0640. The monoisotopic (exact) mass is 423 g/mol. The van der Waals surface area contributed by atoms with E-state index in [4.69, 9.17) is 4.74 Å². The molecule has 7 heteroatoms. The van der Waals surface area contributed by atoms with E-state index in [9.17, 15) is 13.5 Å². The number of rotatable bonds is 9. The van der Waals surface area contributed by atoms with Crippen molar-refractivity contribution in [2.24, 2.45) is 0 Å². The van der Waals surface area contributed by atoms with Crippen molar-refractivity contribution in [3.05, 3.63) is 52.2 Å². The van der Waals surface area contributed by atoms with Crippen LogP contribution in [0.4, 0.5) is 0 Å². The minimum atomic E-state index is -2.97. The summed E-state index contributed by atoms with van der Waals surface area (Å²) in [5, 5.41) is 12.5. The maximum Gasteiger partial charge on any atom is 0.151 e. The standard InChI is InChI=1S/C21H29NO4S2/c1-16(2)17-5-7-20(8-6-17)26-14-19(23)12-22(13-21-4-3-10-27-21)18-9-11-28(24,25)15-18/h3-8,10,16,18-19,23H,9,11-15H2,1-2H3. The van der Waals surface area contributed by atoms with Gasteiger partial charge in [0, 0.05) is 24.0 Å². The highest BCUT2D eigenvalue weighted by molar-refractivity contribution is 7.91. The fourth-order valence-corrected chi connectivity index (χ4v) is 5.96. The molecule has 0 aliphatic carbocycles. The molecule has 1 N–H and O–H groups in total. The van der Waals surface area contributed by atoms with Crippen LogP contribution in [0.25, 0.3) is 0 Å². The Balaban J connectivity index is 1.58. The summed E-state index contributed by atoms with van der Waals surface area (Å²) < 4.78 is 29.6. The quantitative estimate of drug-likeness (QED) is 0.670. The van der Waals surface area contributed by atoms with E-state index in [1.807, 2.05) is 41.8 Å². The Morgan fingerprint density at radius 3 is 2.57 bits per heavy atom. The Hall–Kier alpha value is -1.41. The molecule has 0 amide bonds. The molecule has 2 atom stereocenters. The van der Waals surface area contributed by atoms with E-state index >= 15 is 0 Å². The fraction of sp³-hybridized carbons (Fsp3) is 0.524. The zero-order valence-electron chi connectivity index (χ0n) is 16.5. The van der Waals surface area contributed by atoms with Crippen molar-refractivity contribution >= 4 is 21.2 Å². The van der Waals surface area contributed by atoms with Crippen LogP contribution >= 0.6 is 11.3 Å². The first-order chi connectivity index (χ1) is 13.3. The summed E-state index contributed by atoms with van der Waals surface area (Å²) in [6.45, 7) is 5.51. The Bertz CT molecular complexity index is 832. The number of hydrogen-bond acceptors (Lipinski definition) is 6. The first-order valence-electron chi connectivity index (χ1n) is 9.70. The fourth-order valence-electron chi connectivity index (χ4n) is 3.47. The van der Waals surface area contributed by atoms with Gasteiger partial charge in [0.05, 0.1) is 11.5 Å². The zero-order valence-corrected chi connectivity index (χ0v) is 18.1. The molecule has 1 aliphatic rings. The van der Waals surface area contributed by atoms with Gasteiger partial charge in [0.25, 0.3) is 0 Å². The normalized spacial score (nSPS) is 20.0. The molecule has 0 bridgehead atoms. The molecule has 1 fully saturated rings. The van der Waals surface area contributed by atoms with Gasteiger partial charge in [-0.2, -0.15) is 0 Å². The molecule has 1 aliphatic heterocycles. The first-order valence-corrected chi connectivity index (χ1v) is 12.4. The van der Waals surface area contributed by atoms with Crippen LogP contribution < -0.4 is 4.74 Å². The van der Waals surface area contributed by atoms with Crippen molar-refractivity contribution < 1.29 is 18.3 Å². The summed E-state index contributed by atoms with van der Waals surface area (Å²) >= 11 is 1.65. The van der Waals surface area contributed by atoms with Gasteiger partial charge in [-0.15, -0.1) is 11.3 Å². The SMILES string of the molecule is CC(C)c1ccc(OCC(O)CN(Cc2cccs2)C2CCS(=O)(=O)C2)cc1. The molecule has 0 saturated carbocycles. The number of benzene rings is 1. The Kier molecular flexibility index (Phi) is 7.15. The molecule has 0 spiro atoms. The number of hydrogen-bond donors (Lipinski definition) is 1. The summed E-state index contributed by atoms with van der Waals surface area (Å²) in [5.41, 5.74) is 1.25. The lowest BCUT2D eigenvalue weighted by Crippen LogP contribution is -2.42. The van der Waals surface area contributed by atoms with E-state index < -0.39 is 15.9 Å². The Morgan fingerprint density at radius 1 is 1.25 bits per heavy atom. The van der Waals surface area contributed by atoms with Gasteiger partial charge in [0.1, 0.15) is 18.5 Å². The van der Waals surface area contributed by atoms with Crippen LogP contribution in [0.2, 0.25) is 0 Å². The largest absolute Gasteiger partial charge is 0.491 e. The molecule has 28 heavy (non-hydrogen) atoms. The van der Waals surface area contributed by atoms with Crippen molar-refractivity contribution in [3.63, 3.8) is 0 Å². The number of aliphatic hydroxyl groups is 1. The van der Waals surface area contributed by atoms with Crippen molar-refractivity contribution in [2.75, 3.05) is 24.7 Å². The predicted octanol–water partition coefficient (Wildman–Crippen LogP) is 3.30. The van der Waals surface area contributed by atoms with Crippen molar-refractivity contribution in [3.8, 4) is 5.75 Å². The molecule has 0 radical (unpaired) electrons. The maximum atomic E-state index is 11.9. The smallest absolute Gasteiger partial charge is 0.151 e. The lowest BCUT2D eigenvalue weighted by Gasteiger charge is -2.29. The third-order valence-electron chi connectivity index (χ3n) is 5.10. The molecule has 2 aromatic rings.